The minimum atomic E-state index is -0.343. The van der Waals surface area contributed by atoms with Gasteiger partial charge in [0.05, 0.1) is 0 Å². The number of hydrogen-bond acceptors (Lipinski definition) is 5. The van der Waals surface area contributed by atoms with Gasteiger partial charge in [0.25, 0.3) is 11.8 Å². The quantitative estimate of drug-likeness (QED) is 0.519. The molecule has 1 fully saturated rings. The lowest BCUT2D eigenvalue weighted by molar-refractivity contribution is -0.134. The van der Waals surface area contributed by atoms with Crippen LogP contribution in [-0.4, -0.2) is 54.4 Å². The van der Waals surface area contributed by atoms with E-state index in [0.717, 1.165) is 0 Å². The highest BCUT2D eigenvalue weighted by atomic mass is 35.5. The molecule has 2 heterocycles. The Bertz CT molecular complexity index is 1090. The van der Waals surface area contributed by atoms with Crippen molar-refractivity contribution >= 4 is 23.4 Å². The van der Waals surface area contributed by atoms with Gasteiger partial charge in [-0.15, -0.1) is 0 Å². The van der Waals surface area contributed by atoms with Crippen LogP contribution in [0.5, 0.6) is 11.5 Å². The molecule has 4 rings (SSSR count). The zero-order chi connectivity index (χ0) is 23.2. The monoisotopic (exact) mass is 472 g/mol. The van der Waals surface area contributed by atoms with Crippen molar-refractivity contribution in [2.75, 3.05) is 32.8 Å². The third-order valence-corrected chi connectivity index (χ3v) is 5.41. The molecule has 1 aliphatic heterocycles. The van der Waals surface area contributed by atoms with Crippen molar-refractivity contribution in [2.24, 2.45) is 0 Å². The minimum absolute atomic E-state index is 0.0782. The first-order valence-electron chi connectivity index (χ1n) is 10.4. The number of furan rings is 1. The van der Waals surface area contributed by atoms with E-state index in [0.29, 0.717) is 48.5 Å². The molecule has 0 bridgehead atoms. The maximum absolute atomic E-state index is 13.0. The van der Waals surface area contributed by atoms with E-state index < -0.39 is 0 Å². The third kappa shape index (κ3) is 6.04. The Morgan fingerprint density at radius 1 is 0.848 bits per heavy atom. The molecule has 2 aromatic carbocycles. The second kappa shape index (κ2) is 10.4. The number of carbonyl (C=O) groups excluding carboxylic acids is 2. The van der Waals surface area contributed by atoms with Crippen LogP contribution in [0.15, 0.2) is 65.1 Å². The number of rotatable bonds is 7. The molecule has 0 unspecified atom stereocenters. The molecular formula is C24H22ClFN2O5. The van der Waals surface area contributed by atoms with Gasteiger partial charge in [-0.3, -0.25) is 9.59 Å². The van der Waals surface area contributed by atoms with E-state index in [1.807, 2.05) is 0 Å². The maximum atomic E-state index is 13.0. The van der Waals surface area contributed by atoms with Gasteiger partial charge in [0.2, 0.25) is 0 Å². The van der Waals surface area contributed by atoms with Crippen molar-refractivity contribution in [3.8, 4) is 11.5 Å². The Morgan fingerprint density at radius 3 is 2.15 bits per heavy atom. The number of hydrogen-bond donors (Lipinski definition) is 0. The van der Waals surface area contributed by atoms with Crippen LogP contribution in [0, 0.1) is 5.82 Å². The average Bonchev–Trinajstić information content (AvgIpc) is 3.32. The number of benzene rings is 2. The molecule has 1 saturated heterocycles. The summed E-state index contributed by atoms with van der Waals surface area (Å²) in [5, 5.41) is 0.596. The van der Waals surface area contributed by atoms with Crippen LogP contribution in [0.25, 0.3) is 0 Å². The van der Waals surface area contributed by atoms with Gasteiger partial charge >= 0.3 is 0 Å². The van der Waals surface area contributed by atoms with Gasteiger partial charge in [0.1, 0.15) is 29.7 Å². The van der Waals surface area contributed by atoms with E-state index >= 15 is 0 Å². The highest BCUT2D eigenvalue weighted by Gasteiger charge is 2.26. The first kappa shape index (κ1) is 22.7. The highest BCUT2D eigenvalue weighted by molar-refractivity contribution is 6.30. The van der Waals surface area contributed by atoms with Gasteiger partial charge in [0.15, 0.2) is 12.4 Å². The van der Waals surface area contributed by atoms with Crippen LogP contribution in [0.1, 0.15) is 16.3 Å². The molecule has 0 N–H and O–H groups in total. The van der Waals surface area contributed by atoms with Crippen LogP contribution >= 0.6 is 11.6 Å². The van der Waals surface area contributed by atoms with Crippen LogP contribution < -0.4 is 9.47 Å². The Hall–Kier alpha value is -3.52. The van der Waals surface area contributed by atoms with Crippen molar-refractivity contribution < 1.29 is 27.9 Å². The number of nitrogens with zero attached hydrogens (tertiary/aromatic N) is 2. The van der Waals surface area contributed by atoms with Crippen molar-refractivity contribution in [1.82, 2.24) is 9.80 Å². The Labute approximate surface area is 195 Å². The summed E-state index contributed by atoms with van der Waals surface area (Å²) in [7, 11) is 0. The van der Waals surface area contributed by atoms with Gasteiger partial charge in [-0.25, -0.2) is 4.39 Å². The van der Waals surface area contributed by atoms with E-state index in [1.165, 1.54) is 24.3 Å². The summed E-state index contributed by atoms with van der Waals surface area (Å²) < 4.78 is 29.6. The molecule has 0 atom stereocenters. The molecule has 0 radical (unpaired) electrons. The van der Waals surface area contributed by atoms with Gasteiger partial charge < -0.3 is 23.7 Å². The summed E-state index contributed by atoms with van der Waals surface area (Å²) in [5.41, 5.74) is 0. The zero-order valence-corrected chi connectivity index (χ0v) is 18.5. The standard InChI is InChI=1S/C24H22ClFN2O5/c25-17-1-5-19(6-2-17)32-16-23(29)27-11-13-28(14-12-27)24(30)22-10-9-21(33-22)15-31-20-7-3-18(26)4-8-20/h1-10H,11-16H2. The maximum Gasteiger partial charge on any atom is 0.289 e. The van der Waals surface area contributed by atoms with Crippen LogP contribution in [0.2, 0.25) is 5.02 Å². The molecule has 33 heavy (non-hydrogen) atoms. The SMILES string of the molecule is O=C(COc1ccc(Cl)cc1)N1CCN(C(=O)c2ccc(COc3ccc(F)cc3)o2)CC1. The smallest absolute Gasteiger partial charge is 0.289 e. The van der Waals surface area contributed by atoms with Crippen molar-refractivity contribution in [3.63, 3.8) is 0 Å². The van der Waals surface area contributed by atoms with E-state index in [9.17, 15) is 14.0 Å². The molecule has 0 aliphatic carbocycles. The fourth-order valence-electron chi connectivity index (χ4n) is 3.34. The highest BCUT2D eigenvalue weighted by Crippen LogP contribution is 2.18. The summed E-state index contributed by atoms with van der Waals surface area (Å²) >= 11 is 5.84. The van der Waals surface area contributed by atoms with Crippen LogP contribution in [-0.2, 0) is 11.4 Å². The molecule has 9 heteroatoms. The molecule has 0 saturated carbocycles. The molecule has 1 aromatic heterocycles. The lowest BCUT2D eigenvalue weighted by Crippen LogP contribution is -2.51. The van der Waals surface area contributed by atoms with Crippen LogP contribution in [0.3, 0.4) is 0 Å². The fraction of sp³-hybridized carbons (Fsp3) is 0.250. The van der Waals surface area contributed by atoms with Gasteiger partial charge in [-0.2, -0.15) is 0 Å². The average molecular weight is 473 g/mol. The molecule has 3 aromatic rings. The van der Waals surface area contributed by atoms with Gasteiger partial charge in [-0.05, 0) is 60.7 Å². The summed E-state index contributed by atoms with van der Waals surface area (Å²) in [5.74, 6) is 1.03. The first-order valence-corrected chi connectivity index (χ1v) is 10.8. The summed E-state index contributed by atoms with van der Waals surface area (Å²) in [4.78, 5) is 28.5. The number of amides is 2. The van der Waals surface area contributed by atoms with E-state index in [1.54, 1.807) is 46.2 Å². The fourth-order valence-corrected chi connectivity index (χ4v) is 3.46. The Kier molecular flexibility index (Phi) is 7.14. The van der Waals surface area contributed by atoms with Crippen molar-refractivity contribution in [1.29, 1.82) is 0 Å². The minimum Gasteiger partial charge on any atom is -0.486 e. The summed E-state index contributed by atoms with van der Waals surface area (Å²) in [6.45, 7) is 1.66. The zero-order valence-electron chi connectivity index (χ0n) is 17.7. The molecule has 7 nitrogen and oxygen atoms in total. The second-order valence-electron chi connectivity index (χ2n) is 7.42. The van der Waals surface area contributed by atoms with E-state index in [4.69, 9.17) is 25.5 Å². The first-order chi connectivity index (χ1) is 16.0. The number of piperazine rings is 1. The molecule has 172 valence electrons. The third-order valence-electron chi connectivity index (χ3n) is 5.16. The molecular weight excluding hydrogens is 451 g/mol. The Balaban J connectivity index is 1.23. The summed E-state index contributed by atoms with van der Waals surface area (Å²) in [6.07, 6.45) is 0. The topological polar surface area (TPSA) is 72.2 Å². The number of carbonyl (C=O) groups is 2. The van der Waals surface area contributed by atoms with Crippen molar-refractivity contribution in [2.45, 2.75) is 6.61 Å². The number of halogens is 2. The molecule has 1 aliphatic rings. The predicted octanol–water partition coefficient (Wildman–Crippen LogP) is 4.01. The van der Waals surface area contributed by atoms with Gasteiger partial charge in [-0.1, -0.05) is 11.6 Å². The van der Waals surface area contributed by atoms with Crippen molar-refractivity contribution in [3.05, 3.63) is 83.0 Å². The van der Waals surface area contributed by atoms with E-state index in [2.05, 4.69) is 0 Å². The normalized spacial score (nSPS) is 13.6. The molecule has 0 spiro atoms. The van der Waals surface area contributed by atoms with Gasteiger partial charge in [0, 0.05) is 31.2 Å². The molecule has 2 amide bonds. The number of ether oxygens (including phenoxy) is 2. The lowest BCUT2D eigenvalue weighted by atomic mass is 10.3. The Morgan fingerprint density at radius 2 is 1.45 bits per heavy atom. The second-order valence-corrected chi connectivity index (χ2v) is 7.86. The predicted molar refractivity (Wildman–Crippen MR) is 119 cm³/mol. The van der Waals surface area contributed by atoms with Crippen LogP contribution in [0.4, 0.5) is 4.39 Å². The summed E-state index contributed by atoms with van der Waals surface area (Å²) in [6, 6.07) is 15.7. The largest absolute Gasteiger partial charge is 0.486 e. The van der Waals surface area contributed by atoms with E-state index in [-0.39, 0.29) is 36.6 Å². The lowest BCUT2D eigenvalue weighted by Gasteiger charge is -2.34.